The molecule has 3 rings (SSSR count). The van der Waals surface area contributed by atoms with E-state index >= 15 is 0 Å². The van der Waals surface area contributed by atoms with E-state index in [0.717, 1.165) is 11.3 Å². The second kappa shape index (κ2) is 7.80. The van der Waals surface area contributed by atoms with Crippen molar-refractivity contribution in [3.05, 3.63) is 53.1 Å². The van der Waals surface area contributed by atoms with Crippen LogP contribution in [-0.2, 0) is 14.4 Å². The van der Waals surface area contributed by atoms with Crippen LogP contribution in [0.5, 0.6) is 0 Å². The van der Waals surface area contributed by atoms with Crippen molar-refractivity contribution >= 4 is 46.4 Å². The van der Waals surface area contributed by atoms with Crippen LogP contribution >= 0.6 is 11.6 Å². The molecule has 1 unspecified atom stereocenters. The molecule has 0 saturated carbocycles. The van der Waals surface area contributed by atoms with Gasteiger partial charge in [0.05, 0.1) is 5.92 Å². The zero-order valence-corrected chi connectivity index (χ0v) is 15.8. The summed E-state index contributed by atoms with van der Waals surface area (Å²) in [6, 6.07) is 12.2. The van der Waals surface area contributed by atoms with Crippen molar-refractivity contribution in [2.75, 3.05) is 22.1 Å². The number of nitrogens with one attached hydrogen (secondary N) is 2. The van der Waals surface area contributed by atoms with Crippen molar-refractivity contribution in [2.24, 2.45) is 5.92 Å². The highest BCUT2D eigenvalue weighted by molar-refractivity contribution is 6.31. The summed E-state index contributed by atoms with van der Waals surface area (Å²) in [5.74, 6) is -0.905. The molecule has 1 aliphatic rings. The molecular formula is C20H20ClN3O3. The highest BCUT2D eigenvalue weighted by Gasteiger charge is 2.35. The molecule has 2 aromatic rings. The van der Waals surface area contributed by atoms with Gasteiger partial charge in [-0.3, -0.25) is 14.4 Å². The van der Waals surface area contributed by atoms with E-state index in [9.17, 15) is 14.4 Å². The number of nitrogens with zero attached hydrogens (tertiary/aromatic N) is 1. The maximum Gasteiger partial charge on any atom is 0.229 e. The average molecular weight is 386 g/mol. The molecule has 1 fully saturated rings. The van der Waals surface area contributed by atoms with Gasteiger partial charge in [0.25, 0.3) is 0 Å². The fraction of sp³-hybridized carbons (Fsp3) is 0.250. The summed E-state index contributed by atoms with van der Waals surface area (Å²) >= 11 is 6.05. The highest BCUT2D eigenvalue weighted by atomic mass is 35.5. The SMILES string of the molecule is CC(=O)Nc1ccc(NC(=O)C2CC(=O)N(c3cc(Cl)ccc3C)C2)cc1. The van der Waals surface area contributed by atoms with Gasteiger partial charge in [-0.15, -0.1) is 0 Å². The molecule has 1 aliphatic heterocycles. The van der Waals surface area contributed by atoms with Gasteiger partial charge in [0, 0.05) is 42.0 Å². The minimum Gasteiger partial charge on any atom is -0.326 e. The second-order valence-electron chi connectivity index (χ2n) is 6.58. The first kappa shape index (κ1) is 18.9. The van der Waals surface area contributed by atoms with Gasteiger partial charge >= 0.3 is 0 Å². The van der Waals surface area contributed by atoms with Crippen LogP contribution in [0.1, 0.15) is 18.9 Å². The first-order valence-corrected chi connectivity index (χ1v) is 8.96. The van der Waals surface area contributed by atoms with E-state index in [4.69, 9.17) is 11.6 Å². The van der Waals surface area contributed by atoms with Gasteiger partial charge in [-0.2, -0.15) is 0 Å². The summed E-state index contributed by atoms with van der Waals surface area (Å²) in [6.45, 7) is 3.65. The largest absolute Gasteiger partial charge is 0.326 e. The third-order valence-corrected chi connectivity index (χ3v) is 4.67. The van der Waals surface area contributed by atoms with Gasteiger partial charge in [0.2, 0.25) is 17.7 Å². The van der Waals surface area contributed by atoms with E-state index in [-0.39, 0.29) is 24.1 Å². The lowest BCUT2D eigenvalue weighted by atomic mass is 10.1. The topological polar surface area (TPSA) is 78.5 Å². The predicted octanol–water partition coefficient (Wildman–Crippen LogP) is 3.60. The van der Waals surface area contributed by atoms with Crippen molar-refractivity contribution in [3.8, 4) is 0 Å². The van der Waals surface area contributed by atoms with Gasteiger partial charge < -0.3 is 15.5 Å². The molecule has 0 spiro atoms. The number of halogens is 1. The van der Waals surface area contributed by atoms with Crippen LogP contribution in [0.25, 0.3) is 0 Å². The Morgan fingerprint density at radius 3 is 2.33 bits per heavy atom. The molecule has 1 atom stereocenters. The summed E-state index contributed by atoms with van der Waals surface area (Å²) in [5.41, 5.74) is 2.93. The zero-order chi connectivity index (χ0) is 19.6. The maximum atomic E-state index is 12.6. The average Bonchev–Trinajstić information content (AvgIpc) is 3.00. The molecule has 140 valence electrons. The Bertz CT molecular complexity index is 896. The second-order valence-corrected chi connectivity index (χ2v) is 7.02. The number of hydrogen-bond donors (Lipinski definition) is 2. The number of rotatable bonds is 4. The molecule has 1 heterocycles. The summed E-state index contributed by atoms with van der Waals surface area (Å²) in [7, 11) is 0. The van der Waals surface area contributed by atoms with Crippen molar-refractivity contribution in [1.29, 1.82) is 0 Å². The molecule has 0 aliphatic carbocycles. The number of carbonyl (C=O) groups is 3. The number of carbonyl (C=O) groups excluding carboxylic acids is 3. The smallest absolute Gasteiger partial charge is 0.229 e. The quantitative estimate of drug-likeness (QED) is 0.844. The van der Waals surface area contributed by atoms with E-state index in [0.29, 0.717) is 22.9 Å². The van der Waals surface area contributed by atoms with E-state index in [1.807, 2.05) is 13.0 Å². The van der Waals surface area contributed by atoms with Gasteiger partial charge in [-0.1, -0.05) is 17.7 Å². The van der Waals surface area contributed by atoms with Crippen LogP contribution in [0, 0.1) is 12.8 Å². The first-order chi connectivity index (χ1) is 12.8. The molecule has 7 heteroatoms. The van der Waals surface area contributed by atoms with Crippen LogP contribution in [0.15, 0.2) is 42.5 Å². The fourth-order valence-electron chi connectivity index (χ4n) is 3.07. The Balaban J connectivity index is 1.67. The van der Waals surface area contributed by atoms with Crippen LogP contribution < -0.4 is 15.5 Å². The lowest BCUT2D eigenvalue weighted by Crippen LogP contribution is -2.28. The normalized spacial score (nSPS) is 16.3. The summed E-state index contributed by atoms with van der Waals surface area (Å²) in [6.07, 6.45) is 0.155. The fourth-order valence-corrected chi connectivity index (χ4v) is 3.24. The molecule has 6 nitrogen and oxygen atoms in total. The van der Waals surface area contributed by atoms with Crippen molar-refractivity contribution in [2.45, 2.75) is 20.3 Å². The Hall–Kier alpha value is -2.86. The molecule has 0 radical (unpaired) electrons. The van der Waals surface area contributed by atoms with Gasteiger partial charge in [-0.25, -0.2) is 0 Å². The highest BCUT2D eigenvalue weighted by Crippen LogP contribution is 2.30. The summed E-state index contributed by atoms with van der Waals surface area (Å²) < 4.78 is 0. The molecule has 2 N–H and O–H groups in total. The maximum absolute atomic E-state index is 12.6. The van der Waals surface area contributed by atoms with E-state index in [2.05, 4.69) is 10.6 Å². The predicted molar refractivity (Wildman–Crippen MR) is 106 cm³/mol. The molecule has 0 bridgehead atoms. The minimum atomic E-state index is -0.439. The number of hydrogen-bond acceptors (Lipinski definition) is 3. The van der Waals surface area contributed by atoms with Crippen molar-refractivity contribution in [3.63, 3.8) is 0 Å². The number of amides is 3. The minimum absolute atomic E-state index is 0.0958. The summed E-state index contributed by atoms with van der Waals surface area (Å²) in [5, 5.41) is 6.04. The molecule has 2 aromatic carbocycles. The molecule has 1 saturated heterocycles. The molecular weight excluding hydrogens is 366 g/mol. The lowest BCUT2D eigenvalue weighted by Gasteiger charge is -2.19. The number of benzene rings is 2. The molecule has 27 heavy (non-hydrogen) atoms. The summed E-state index contributed by atoms with van der Waals surface area (Å²) in [4.78, 5) is 37.6. The third-order valence-electron chi connectivity index (χ3n) is 4.43. The van der Waals surface area contributed by atoms with Crippen LogP contribution in [0.2, 0.25) is 5.02 Å². The van der Waals surface area contributed by atoms with E-state index < -0.39 is 5.92 Å². The standard InChI is InChI=1S/C20H20ClN3O3/c1-12-3-4-15(21)10-18(12)24-11-14(9-19(24)26)20(27)23-17-7-5-16(6-8-17)22-13(2)25/h3-8,10,14H,9,11H2,1-2H3,(H,22,25)(H,23,27). The van der Waals surface area contributed by atoms with E-state index in [1.54, 1.807) is 41.3 Å². The van der Waals surface area contributed by atoms with Crippen molar-refractivity contribution in [1.82, 2.24) is 0 Å². The van der Waals surface area contributed by atoms with Crippen LogP contribution in [-0.4, -0.2) is 24.3 Å². The zero-order valence-electron chi connectivity index (χ0n) is 15.1. The Kier molecular flexibility index (Phi) is 5.46. The van der Waals surface area contributed by atoms with Gasteiger partial charge in [0.15, 0.2) is 0 Å². The molecule has 3 amide bonds. The van der Waals surface area contributed by atoms with Crippen molar-refractivity contribution < 1.29 is 14.4 Å². The van der Waals surface area contributed by atoms with E-state index in [1.165, 1.54) is 6.92 Å². The molecule has 0 aromatic heterocycles. The van der Waals surface area contributed by atoms with Gasteiger partial charge in [-0.05, 0) is 48.9 Å². The third kappa shape index (κ3) is 4.46. The number of anilines is 3. The monoisotopic (exact) mass is 385 g/mol. The van der Waals surface area contributed by atoms with Crippen LogP contribution in [0.4, 0.5) is 17.1 Å². The van der Waals surface area contributed by atoms with Gasteiger partial charge in [0.1, 0.15) is 0 Å². The number of aryl methyl sites for hydroxylation is 1. The first-order valence-electron chi connectivity index (χ1n) is 8.58. The Morgan fingerprint density at radius 2 is 1.70 bits per heavy atom. The van der Waals surface area contributed by atoms with Crippen LogP contribution in [0.3, 0.4) is 0 Å². The Morgan fingerprint density at radius 1 is 1.07 bits per heavy atom. The Labute approximate surface area is 162 Å². The lowest BCUT2D eigenvalue weighted by molar-refractivity contribution is -0.122.